The van der Waals surface area contributed by atoms with Crippen molar-refractivity contribution in [2.45, 2.75) is 49.5 Å². The molecular weight excluding hydrogens is 256 g/mol. The summed E-state index contributed by atoms with van der Waals surface area (Å²) in [5, 5.41) is 0.579. The second kappa shape index (κ2) is 6.16. The van der Waals surface area contributed by atoms with E-state index >= 15 is 0 Å². The largest absolute Gasteiger partial charge is 0.490 e. The molecule has 3 N–H and O–H groups in total. The molecule has 0 bridgehead atoms. The fraction of sp³-hybridized carbons (Fsp3) is 0.600. The number of hydrazine groups is 1. The number of hydrogen-bond acceptors (Lipinski definition) is 4. The second-order valence-corrected chi connectivity index (χ2v) is 6.79. The van der Waals surface area contributed by atoms with Crippen LogP contribution < -0.4 is 16.0 Å². The normalized spacial score (nSPS) is 25.0. The predicted octanol–water partition coefficient (Wildman–Crippen LogP) is 3.02. The number of nitrogens with two attached hydrogens (primary N) is 1. The van der Waals surface area contributed by atoms with Crippen LogP contribution in [0.5, 0.6) is 5.75 Å². The summed E-state index contributed by atoms with van der Waals surface area (Å²) in [5.74, 6) is 8.03. The van der Waals surface area contributed by atoms with Crippen molar-refractivity contribution in [2.75, 3.05) is 5.75 Å². The molecule has 1 saturated carbocycles. The molecule has 1 aromatic carbocycles. The molecule has 1 aromatic rings. The van der Waals surface area contributed by atoms with E-state index in [0.29, 0.717) is 11.4 Å². The van der Waals surface area contributed by atoms with Crippen molar-refractivity contribution < 1.29 is 4.74 Å². The average Bonchev–Trinajstić information content (AvgIpc) is 3.25. The molecule has 1 aliphatic carbocycles. The number of thioether (sulfide) groups is 1. The van der Waals surface area contributed by atoms with E-state index in [2.05, 4.69) is 23.6 Å². The van der Waals surface area contributed by atoms with Crippen molar-refractivity contribution in [1.29, 1.82) is 0 Å². The van der Waals surface area contributed by atoms with E-state index in [1.807, 2.05) is 17.8 Å². The van der Waals surface area contributed by atoms with Gasteiger partial charge in [0.25, 0.3) is 0 Å². The van der Waals surface area contributed by atoms with E-state index in [1.54, 1.807) is 0 Å². The number of benzene rings is 1. The molecule has 1 saturated heterocycles. The highest BCUT2D eigenvalue weighted by Gasteiger charge is 2.26. The summed E-state index contributed by atoms with van der Waals surface area (Å²) in [6.45, 7) is 0. The maximum atomic E-state index is 5.87. The first-order valence-electron chi connectivity index (χ1n) is 7.21. The Labute approximate surface area is 119 Å². The third-order valence-corrected chi connectivity index (χ3v) is 5.27. The van der Waals surface area contributed by atoms with Gasteiger partial charge in [0.15, 0.2) is 0 Å². The Hall–Kier alpha value is -0.710. The molecule has 1 heterocycles. The molecule has 2 fully saturated rings. The third kappa shape index (κ3) is 3.44. The molecule has 1 aliphatic heterocycles. The lowest BCUT2D eigenvalue weighted by Gasteiger charge is -2.29. The number of ether oxygens (including phenoxy) is 1. The van der Waals surface area contributed by atoms with Gasteiger partial charge in [-0.1, -0.05) is 18.6 Å². The molecule has 0 amide bonds. The molecule has 0 radical (unpaired) electrons. The number of nitrogens with one attached hydrogen (secondary N) is 1. The van der Waals surface area contributed by atoms with Crippen molar-refractivity contribution in [2.24, 2.45) is 5.84 Å². The first-order chi connectivity index (χ1) is 9.36. The zero-order valence-electron chi connectivity index (χ0n) is 11.2. The van der Waals surface area contributed by atoms with Gasteiger partial charge in [-0.25, -0.2) is 0 Å². The minimum atomic E-state index is 0.230. The SMILES string of the molecule is NNC(c1cccc(OC2CC2)c1)C1CCCCS1. The lowest BCUT2D eigenvalue weighted by Crippen LogP contribution is -2.36. The van der Waals surface area contributed by atoms with Crippen molar-refractivity contribution in [1.82, 2.24) is 5.43 Å². The molecule has 0 aromatic heterocycles. The third-order valence-electron chi connectivity index (χ3n) is 3.81. The molecule has 2 aliphatic rings. The summed E-state index contributed by atoms with van der Waals surface area (Å²) in [4.78, 5) is 0. The lowest BCUT2D eigenvalue weighted by atomic mass is 10.00. The highest BCUT2D eigenvalue weighted by molar-refractivity contribution is 8.00. The fourth-order valence-corrected chi connectivity index (χ4v) is 4.04. The maximum absolute atomic E-state index is 5.87. The maximum Gasteiger partial charge on any atom is 0.120 e. The monoisotopic (exact) mass is 278 g/mol. The molecule has 3 nitrogen and oxygen atoms in total. The summed E-state index contributed by atoms with van der Waals surface area (Å²) in [6, 6.07) is 8.65. The summed E-state index contributed by atoms with van der Waals surface area (Å²) in [5.41, 5.74) is 4.26. The van der Waals surface area contributed by atoms with Gasteiger partial charge in [-0.3, -0.25) is 11.3 Å². The van der Waals surface area contributed by atoms with Gasteiger partial charge < -0.3 is 4.74 Å². The Balaban J connectivity index is 1.73. The van der Waals surface area contributed by atoms with Crippen LogP contribution in [0.2, 0.25) is 0 Å². The minimum absolute atomic E-state index is 0.230. The summed E-state index contributed by atoms with van der Waals surface area (Å²) < 4.78 is 5.87. The highest BCUT2D eigenvalue weighted by Crippen LogP contribution is 2.36. The van der Waals surface area contributed by atoms with Crippen molar-refractivity contribution in [3.63, 3.8) is 0 Å². The van der Waals surface area contributed by atoms with E-state index in [1.165, 1.54) is 43.4 Å². The predicted molar refractivity (Wildman–Crippen MR) is 80.3 cm³/mol. The summed E-state index contributed by atoms with van der Waals surface area (Å²) >= 11 is 2.04. The van der Waals surface area contributed by atoms with Crippen LogP contribution in [0, 0.1) is 0 Å². The number of hydrogen-bond donors (Lipinski definition) is 2. The zero-order chi connectivity index (χ0) is 13.1. The molecule has 104 valence electrons. The molecule has 3 rings (SSSR count). The fourth-order valence-electron chi connectivity index (χ4n) is 2.61. The van der Waals surface area contributed by atoms with E-state index in [-0.39, 0.29) is 6.04 Å². The van der Waals surface area contributed by atoms with Crippen LogP contribution >= 0.6 is 11.8 Å². The van der Waals surface area contributed by atoms with Gasteiger partial charge in [-0.2, -0.15) is 11.8 Å². The van der Waals surface area contributed by atoms with Crippen LogP contribution in [0.1, 0.15) is 43.7 Å². The molecule has 0 spiro atoms. The van der Waals surface area contributed by atoms with Crippen LogP contribution in [-0.4, -0.2) is 17.1 Å². The Morgan fingerprint density at radius 3 is 2.84 bits per heavy atom. The van der Waals surface area contributed by atoms with E-state index in [0.717, 1.165) is 5.75 Å². The first kappa shape index (κ1) is 13.3. The average molecular weight is 278 g/mol. The standard InChI is InChI=1S/C15H22N2OS/c16-17-15(14-6-1-2-9-19-14)11-4-3-5-13(10-11)18-12-7-8-12/h3-5,10,12,14-15,17H,1-2,6-9,16H2. The van der Waals surface area contributed by atoms with Crippen molar-refractivity contribution in [3.8, 4) is 5.75 Å². The Morgan fingerprint density at radius 1 is 1.26 bits per heavy atom. The van der Waals surface area contributed by atoms with Gasteiger partial charge in [-0.05, 0) is 49.1 Å². The number of rotatable bonds is 5. The van der Waals surface area contributed by atoms with Crippen LogP contribution in [0.15, 0.2) is 24.3 Å². The quantitative estimate of drug-likeness (QED) is 0.642. The van der Waals surface area contributed by atoms with E-state index in [9.17, 15) is 0 Å². The van der Waals surface area contributed by atoms with Crippen LogP contribution in [0.25, 0.3) is 0 Å². The van der Waals surface area contributed by atoms with Gasteiger partial charge >= 0.3 is 0 Å². The minimum Gasteiger partial charge on any atom is -0.490 e. The van der Waals surface area contributed by atoms with Gasteiger partial charge in [0.05, 0.1) is 12.1 Å². The van der Waals surface area contributed by atoms with Gasteiger partial charge in [0, 0.05) is 5.25 Å². The molecular formula is C15H22N2OS. The smallest absolute Gasteiger partial charge is 0.120 e. The molecule has 19 heavy (non-hydrogen) atoms. The van der Waals surface area contributed by atoms with Crippen molar-refractivity contribution in [3.05, 3.63) is 29.8 Å². The molecule has 2 atom stereocenters. The highest BCUT2D eigenvalue weighted by atomic mass is 32.2. The molecule has 2 unspecified atom stereocenters. The topological polar surface area (TPSA) is 47.3 Å². The Kier molecular flexibility index (Phi) is 4.31. The lowest BCUT2D eigenvalue weighted by molar-refractivity contribution is 0.302. The summed E-state index contributed by atoms with van der Waals surface area (Å²) in [6.07, 6.45) is 6.73. The van der Waals surface area contributed by atoms with Crippen LogP contribution in [0.3, 0.4) is 0 Å². The van der Waals surface area contributed by atoms with Gasteiger partial charge in [0.2, 0.25) is 0 Å². The van der Waals surface area contributed by atoms with E-state index in [4.69, 9.17) is 10.6 Å². The van der Waals surface area contributed by atoms with Gasteiger partial charge in [0.1, 0.15) is 5.75 Å². The van der Waals surface area contributed by atoms with Gasteiger partial charge in [-0.15, -0.1) is 0 Å². The summed E-state index contributed by atoms with van der Waals surface area (Å²) in [7, 11) is 0. The van der Waals surface area contributed by atoms with Crippen molar-refractivity contribution >= 4 is 11.8 Å². The van der Waals surface area contributed by atoms with Crippen LogP contribution in [0.4, 0.5) is 0 Å². The van der Waals surface area contributed by atoms with E-state index < -0.39 is 0 Å². The second-order valence-electron chi connectivity index (χ2n) is 5.44. The first-order valence-corrected chi connectivity index (χ1v) is 8.26. The Bertz CT molecular complexity index is 416. The van der Waals surface area contributed by atoms with Crippen LogP contribution in [-0.2, 0) is 0 Å². The molecule has 4 heteroatoms. The Morgan fingerprint density at radius 2 is 2.16 bits per heavy atom. The zero-order valence-corrected chi connectivity index (χ0v) is 12.0.